The van der Waals surface area contributed by atoms with Gasteiger partial charge in [0.1, 0.15) is 18.5 Å². The maximum Gasteiger partial charge on any atom is 0.192 e. The molecule has 0 amide bonds. The molecule has 148 valence electrons. The lowest BCUT2D eigenvalue weighted by Gasteiger charge is -2.25. The van der Waals surface area contributed by atoms with Crippen molar-refractivity contribution in [3.05, 3.63) is 33.0 Å². The van der Waals surface area contributed by atoms with Crippen molar-refractivity contribution in [1.29, 1.82) is 0 Å². The van der Waals surface area contributed by atoms with Crippen molar-refractivity contribution in [2.24, 2.45) is 12.0 Å². The molecule has 0 saturated heterocycles. The van der Waals surface area contributed by atoms with Gasteiger partial charge in [-0.2, -0.15) is 0 Å². The van der Waals surface area contributed by atoms with Gasteiger partial charge in [0.2, 0.25) is 0 Å². The second-order valence-corrected chi connectivity index (χ2v) is 8.65. The third-order valence-corrected chi connectivity index (χ3v) is 6.22. The molecule has 3 N–H and O–H groups in total. The first-order valence-electron chi connectivity index (χ1n) is 9.36. The van der Waals surface area contributed by atoms with E-state index in [2.05, 4.69) is 25.8 Å². The monoisotopic (exact) mass is 410 g/mol. The van der Waals surface area contributed by atoms with Crippen LogP contribution < -0.4 is 10.6 Å². The number of aliphatic hydroxyl groups excluding tert-OH is 1. The minimum Gasteiger partial charge on any atom is -0.386 e. The Balaban J connectivity index is 1.64. The summed E-state index contributed by atoms with van der Waals surface area (Å²) < 4.78 is 2.61. The van der Waals surface area contributed by atoms with Crippen molar-refractivity contribution >= 4 is 28.9 Å². The number of rotatable bonds is 6. The maximum atomic E-state index is 10.4. The van der Waals surface area contributed by atoms with Crippen molar-refractivity contribution in [3.8, 4) is 0 Å². The molecular formula is C18H27ClN6OS. The van der Waals surface area contributed by atoms with Crippen molar-refractivity contribution < 1.29 is 5.11 Å². The minimum atomic E-state index is -0.627. The fourth-order valence-electron chi connectivity index (χ4n) is 3.13. The molecule has 2 heterocycles. The summed E-state index contributed by atoms with van der Waals surface area (Å²) in [5.74, 6) is 2.37. The second kappa shape index (κ2) is 9.52. The van der Waals surface area contributed by atoms with Crippen molar-refractivity contribution in [2.75, 3.05) is 6.54 Å². The fraction of sp³-hybridized carbons (Fsp3) is 0.611. The van der Waals surface area contributed by atoms with E-state index < -0.39 is 6.10 Å². The Morgan fingerprint density at radius 1 is 1.37 bits per heavy atom. The number of nitrogens with one attached hydrogen (secondary N) is 2. The van der Waals surface area contributed by atoms with Gasteiger partial charge >= 0.3 is 0 Å². The van der Waals surface area contributed by atoms with Crippen LogP contribution >= 0.6 is 22.9 Å². The number of aliphatic hydroxyl groups is 1. The van der Waals surface area contributed by atoms with Crippen LogP contribution in [0.5, 0.6) is 0 Å². The summed E-state index contributed by atoms with van der Waals surface area (Å²) in [4.78, 5) is 5.51. The van der Waals surface area contributed by atoms with Gasteiger partial charge in [0.05, 0.1) is 4.34 Å². The molecule has 1 atom stereocenters. The Morgan fingerprint density at radius 3 is 2.78 bits per heavy atom. The summed E-state index contributed by atoms with van der Waals surface area (Å²) >= 11 is 7.36. The smallest absolute Gasteiger partial charge is 0.192 e. The number of thiophene rings is 1. The van der Waals surface area contributed by atoms with Gasteiger partial charge in [-0.3, -0.25) is 0 Å². The number of guanidine groups is 1. The molecule has 1 saturated carbocycles. The summed E-state index contributed by atoms with van der Waals surface area (Å²) in [5, 5.41) is 25.4. The normalized spacial score (nSPS) is 17.1. The van der Waals surface area contributed by atoms with E-state index in [-0.39, 0.29) is 0 Å². The quantitative estimate of drug-likeness (QED) is 0.503. The van der Waals surface area contributed by atoms with Crippen molar-refractivity contribution in [3.63, 3.8) is 0 Å². The molecule has 3 rings (SSSR count). The average Bonchev–Trinajstić information content (AvgIpc) is 3.24. The number of aliphatic imine (C=N–C) groups is 1. The first kappa shape index (κ1) is 20.1. The number of aryl methyl sites for hydroxylation is 1. The molecule has 27 heavy (non-hydrogen) atoms. The van der Waals surface area contributed by atoms with Crippen LogP contribution in [0, 0.1) is 6.92 Å². The molecule has 7 nitrogen and oxygen atoms in total. The van der Waals surface area contributed by atoms with Crippen LogP contribution in [0.25, 0.3) is 0 Å². The molecule has 0 bridgehead atoms. The van der Waals surface area contributed by atoms with Gasteiger partial charge in [0.15, 0.2) is 11.8 Å². The summed E-state index contributed by atoms with van der Waals surface area (Å²) in [5.41, 5.74) is 0. The molecule has 2 aromatic heterocycles. The average molecular weight is 411 g/mol. The van der Waals surface area contributed by atoms with E-state index in [4.69, 9.17) is 11.6 Å². The Morgan fingerprint density at radius 2 is 2.15 bits per heavy atom. The van der Waals surface area contributed by atoms with Crippen molar-refractivity contribution in [2.45, 2.75) is 57.7 Å². The van der Waals surface area contributed by atoms with Crippen LogP contribution in [0.2, 0.25) is 4.34 Å². The highest BCUT2D eigenvalue weighted by molar-refractivity contribution is 7.16. The highest BCUT2D eigenvalue weighted by Crippen LogP contribution is 2.26. The zero-order chi connectivity index (χ0) is 19.2. The van der Waals surface area contributed by atoms with Gasteiger partial charge in [0.25, 0.3) is 0 Å². The van der Waals surface area contributed by atoms with Gasteiger partial charge in [-0.05, 0) is 31.9 Å². The number of nitrogens with zero attached hydrogens (tertiary/aromatic N) is 4. The molecular weight excluding hydrogens is 384 g/mol. The molecule has 1 fully saturated rings. The van der Waals surface area contributed by atoms with Crippen LogP contribution in [-0.4, -0.2) is 38.4 Å². The Hall–Kier alpha value is -1.64. The summed E-state index contributed by atoms with van der Waals surface area (Å²) in [6, 6.07) is 4.07. The predicted molar refractivity (Wildman–Crippen MR) is 109 cm³/mol. The van der Waals surface area contributed by atoms with E-state index >= 15 is 0 Å². The third-order valence-electron chi connectivity index (χ3n) is 4.89. The maximum absolute atomic E-state index is 10.4. The van der Waals surface area contributed by atoms with Crippen LogP contribution in [0.15, 0.2) is 17.1 Å². The van der Waals surface area contributed by atoms with Gasteiger partial charge < -0.3 is 20.3 Å². The Bertz CT molecular complexity index is 768. The van der Waals surface area contributed by atoms with E-state index in [0.29, 0.717) is 29.4 Å². The zero-order valence-electron chi connectivity index (χ0n) is 15.8. The lowest BCUT2D eigenvalue weighted by molar-refractivity contribution is 0.184. The molecule has 0 aromatic carbocycles. The SMILES string of the molecule is Cc1nnc(CN=C(NCC(O)c2ccc(Cl)s2)NC2CCCCC2)n1C. The van der Waals surface area contributed by atoms with Gasteiger partial charge in [0, 0.05) is 24.5 Å². The van der Waals surface area contributed by atoms with Crippen LogP contribution in [0.1, 0.15) is 54.7 Å². The molecule has 0 aliphatic heterocycles. The van der Waals surface area contributed by atoms with E-state index in [9.17, 15) is 5.11 Å². The van der Waals surface area contributed by atoms with E-state index in [1.165, 1.54) is 30.6 Å². The Kier molecular flexibility index (Phi) is 7.09. The zero-order valence-corrected chi connectivity index (χ0v) is 17.4. The lowest BCUT2D eigenvalue weighted by atomic mass is 9.96. The number of hydrogen-bond acceptors (Lipinski definition) is 5. The summed E-state index contributed by atoms with van der Waals surface area (Å²) in [6.45, 7) is 2.72. The molecule has 1 unspecified atom stereocenters. The molecule has 2 aromatic rings. The van der Waals surface area contributed by atoms with E-state index in [1.54, 1.807) is 6.07 Å². The second-order valence-electron chi connectivity index (χ2n) is 6.91. The molecule has 0 spiro atoms. The first-order valence-corrected chi connectivity index (χ1v) is 10.6. The first-order chi connectivity index (χ1) is 13.0. The van der Waals surface area contributed by atoms with Crippen LogP contribution in [-0.2, 0) is 13.6 Å². The fourth-order valence-corrected chi connectivity index (χ4v) is 4.18. The van der Waals surface area contributed by atoms with E-state index in [0.717, 1.165) is 29.4 Å². The largest absolute Gasteiger partial charge is 0.386 e. The number of hydrogen-bond donors (Lipinski definition) is 3. The summed E-state index contributed by atoms with van der Waals surface area (Å²) in [7, 11) is 1.94. The molecule has 1 aliphatic rings. The third kappa shape index (κ3) is 5.67. The van der Waals surface area contributed by atoms with Crippen LogP contribution in [0.4, 0.5) is 0 Å². The Labute approximate surface area is 168 Å². The molecule has 1 aliphatic carbocycles. The summed E-state index contributed by atoms with van der Waals surface area (Å²) in [6.07, 6.45) is 5.44. The highest BCUT2D eigenvalue weighted by Gasteiger charge is 2.17. The van der Waals surface area contributed by atoms with Crippen LogP contribution in [0.3, 0.4) is 0 Å². The van der Waals surface area contributed by atoms with Gasteiger partial charge in [-0.15, -0.1) is 21.5 Å². The van der Waals surface area contributed by atoms with E-state index in [1.807, 2.05) is 24.6 Å². The molecule has 9 heteroatoms. The highest BCUT2D eigenvalue weighted by atomic mass is 35.5. The lowest BCUT2D eigenvalue weighted by Crippen LogP contribution is -2.45. The number of halogens is 1. The minimum absolute atomic E-state index is 0.368. The van der Waals surface area contributed by atoms with Gasteiger partial charge in [-0.1, -0.05) is 30.9 Å². The van der Waals surface area contributed by atoms with Crippen molar-refractivity contribution in [1.82, 2.24) is 25.4 Å². The van der Waals surface area contributed by atoms with Gasteiger partial charge in [-0.25, -0.2) is 4.99 Å². The molecule has 0 radical (unpaired) electrons. The predicted octanol–water partition coefficient (Wildman–Crippen LogP) is 2.94. The topological polar surface area (TPSA) is 87.4 Å². The number of aromatic nitrogens is 3. The standard InChI is InChI=1S/C18H27ClN6OS/c1-12-23-24-17(25(12)2)11-21-18(22-13-6-4-3-5-7-13)20-10-14(26)15-8-9-16(19)27-15/h8-9,13-14,26H,3-7,10-11H2,1-2H3,(H2,20,21,22).